The highest BCUT2D eigenvalue weighted by molar-refractivity contribution is 5.69. The van der Waals surface area contributed by atoms with Gasteiger partial charge in [-0.25, -0.2) is 18.9 Å². The predicted octanol–water partition coefficient (Wildman–Crippen LogP) is 4.19. The van der Waals surface area contributed by atoms with Crippen LogP contribution in [0.3, 0.4) is 0 Å². The van der Waals surface area contributed by atoms with Crippen molar-refractivity contribution in [1.29, 1.82) is 0 Å². The van der Waals surface area contributed by atoms with Crippen molar-refractivity contribution in [3.63, 3.8) is 0 Å². The third kappa shape index (κ3) is 4.79. The van der Waals surface area contributed by atoms with Gasteiger partial charge >= 0.3 is 5.97 Å². The Morgan fingerprint density at radius 3 is 2.62 bits per heavy atom. The third-order valence-corrected chi connectivity index (χ3v) is 7.61. The Hall–Kier alpha value is -3.85. The highest BCUT2D eigenvalue weighted by atomic mass is 19.1. The first-order valence-electron chi connectivity index (χ1n) is 12.8. The third-order valence-electron chi connectivity index (χ3n) is 7.61. The molecule has 4 heterocycles. The number of rotatable bonds is 6. The summed E-state index contributed by atoms with van der Waals surface area (Å²) in [5.74, 6) is 0.336. The zero-order valence-electron chi connectivity index (χ0n) is 20.5. The number of imidazole rings is 1. The second-order valence-corrected chi connectivity index (χ2v) is 9.91. The summed E-state index contributed by atoms with van der Waals surface area (Å²) in [6.45, 7) is 2.89. The highest BCUT2D eigenvalue weighted by Crippen LogP contribution is 2.45. The second kappa shape index (κ2) is 9.89. The Kier molecular flexibility index (Phi) is 6.30. The molecule has 0 bridgehead atoms. The van der Waals surface area contributed by atoms with Gasteiger partial charge in [0.1, 0.15) is 17.3 Å². The van der Waals surface area contributed by atoms with Gasteiger partial charge in [0.05, 0.1) is 24.1 Å². The molecule has 1 aromatic carbocycles. The molecule has 0 radical (unpaired) electrons. The van der Waals surface area contributed by atoms with Gasteiger partial charge in [0.2, 0.25) is 0 Å². The molecule has 37 heavy (non-hydrogen) atoms. The molecule has 8 nitrogen and oxygen atoms in total. The molecule has 6 rings (SSSR count). The van der Waals surface area contributed by atoms with Crippen LogP contribution >= 0.6 is 0 Å². The van der Waals surface area contributed by atoms with E-state index in [1.165, 1.54) is 6.07 Å². The maximum Gasteiger partial charge on any atom is 0.317 e. The Bertz CT molecular complexity index is 1430. The minimum atomic E-state index is -0.798. The van der Waals surface area contributed by atoms with E-state index in [4.69, 9.17) is 15.2 Å². The molecule has 190 valence electrons. The number of hydrogen-bond donors (Lipinski definition) is 1. The fraction of sp³-hybridized carbons (Fsp3) is 0.357. The van der Waals surface area contributed by atoms with Crippen molar-refractivity contribution in [1.82, 2.24) is 24.5 Å². The zero-order chi connectivity index (χ0) is 25.4. The first-order chi connectivity index (χ1) is 18.0. The van der Waals surface area contributed by atoms with Crippen molar-refractivity contribution < 1.29 is 14.3 Å². The van der Waals surface area contributed by atoms with Crippen LogP contribution < -0.4 is 4.90 Å². The van der Waals surface area contributed by atoms with Crippen molar-refractivity contribution in [2.24, 2.45) is 0 Å². The SMILES string of the molecule is O=C(O)CN1CCN(c2cccc(-c3cnc4ccc([C@H]5CCCC5c5cccc(F)c5)nn34)n2)CC1. The van der Waals surface area contributed by atoms with Crippen LogP contribution in [0.25, 0.3) is 17.0 Å². The first kappa shape index (κ1) is 23.5. The number of pyridine rings is 1. The number of hydrogen-bond acceptors (Lipinski definition) is 6. The number of benzene rings is 1. The lowest BCUT2D eigenvalue weighted by atomic mass is 9.86. The molecule has 0 spiro atoms. The van der Waals surface area contributed by atoms with Crippen molar-refractivity contribution >= 4 is 17.4 Å². The van der Waals surface area contributed by atoms with Crippen molar-refractivity contribution in [3.05, 3.63) is 77.9 Å². The molecule has 1 unspecified atom stereocenters. The summed E-state index contributed by atoms with van der Waals surface area (Å²) in [7, 11) is 0. The van der Waals surface area contributed by atoms with E-state index in [9.17, 15) is 9.18 Å². The number of carboxylic acid groups (broad SMARTS) is 1. The van der Waals surface area contributed by atoms with Crippen molar-refractivity contribution in [2.75, 3.05) is 37.6 Å². The van der Waals surface area contributed by atoms with Gasteiger partial charge in [0, 0.05) is 32.1 Å². The maximum absolute atomic E-state index is 13.9. The van der Waals surface area contributed by atoms with E-state index in [1.54, 1.807) is 12.1 Å². The molecule has 4 aromatic rings. The van der Waals surface area contributed by atoms with Crippen LogP contribution in [0.1, 0.15) is 42.4 Å². The van der Waals surface area contributed by atoms with Gasteiger partial charge in [0.25, 0.3) is 0 Å². The second-order valence-electron chi connectivity index (χ2n) is 9.91. The monoisotopic (exact) mass is 500 g/mol. The number of carboxylic acids is 1. The molecule has 2 fully saturated rings. The lowest BCUT2D eigenvalue weighted by Crippen LogP contribution is -2.48. The summed E-state index contributed by atoms with van der Waals surface area (Å²) >= 11 is 0. The summed E-state index contributed by atoms with van der Waals surface area (Å²) in [5.41, 5.74) is 4.39. The fourth-order valence-corrected chi connectivity index (χ4v) is 5.78. The number of aromatic nitrogens is 4. The summed E-state index contributed by atoms with van der Waals surface area (Å²) in [6, 6.07) is 16.9. The summed E-state index contributed by atoms with van der Waals surface area (Å²) < 4.78 is 15.8. The Morgan fingerprint density at radius 1 is 1.00 bits per heavy atom. The van der Waals surface area contributed by atoms with E-state index >= 15 is 0 Å². The van der Waals surface area contributed by atoms with Gasteiger partial charge in [-0.3, -0.25) is 9.69 Å². The molecule has 1 saturated heterocycles. The molecule has 1 N–H and O–H groups in total. The average molecular weight is 501 g/mol. The number of aliphatic carboxylic acids is 1. The van der Waals surface area contributed by atoms with Crippen LogP contribution in [0.2, 0.25) is 0 Å². The van der Waals surface area contributed by atoms with E-state index in [0.717, 1.165) is 66.5 Å². The van der Waals surface area contributed by atoms with E-state index in [1.807, 2.05) is 45.9 Å². The fourth-order valence-electron chi connectivity index (χ4n) is 5.78. The van der Waals surface area contributed by atoms with Crippen molar-refractivity contribution in [2.45, 2.75) is 31.1 Å². The van der Waals surface area contributed by atoms with Crippen LogP contribution in [0.4, 0.5) is 10.2 Å². The van der Waals surface area contributed by atoms with Gasteiger partial charge in [-0.1, -0.05) is 24.6 Å². The Balaban J connectivity index is 1.27. The standard InChI is InChI=1S/C28H29FN6O2/c29-20-5-1-4-19(16-20)21-6-2-7-22(21)23-10-11-26-30-17-25(35(26)32-23)24-8-3-9-27(31-24)34-14-12-33(13-15-34)18-28(36)37/h1,3-5,8-11,16-17,21-22H,2,6-7,12-15,18H2,(H,36,37)/t21?,22-/m0/s1. The topological polar surface area (TPSA) is 86.9 Å². The number of piperazine rings is 1. The predicted molar refractivity (Wildman–Crippen MR) is 138 cm³/mol. The summed E-state index contributed by atoms with van der Waals surface area (Å²) in [5, 5.41) is 14.1. The lowest BCUT2D eigenvalue weighted by molar-refractivity contribution is -0.138. The van der Waals surface area contributed by atoms with E-state index in [-0.39, 0.29) is 24.2 Å². The molecular formula is C28H29FN6O2. The van der Waals surface area contributed by atoms with Crippen LogP contribution in [0.15, 0.2) is 60.8 Å². The van der Waals surface area contributed by atoms with Crippen LogP contribution in [-0.4, -0.2) is 68.3 Å². The summed E-state index contributed by atoms with van der Waals surface area (Å²) in [4.78, 5) is 24.6. The number of fused-ring (bicyclic) bond motifs is 1. The molecule has 1 aliphatic carbocycles. The molecule has 9 heteroatoms. The van der Waals surface area contributed by atoms with E-state index in [2.05, 4.69) is 16.0 Å². The Morgan fingerprint density at radius 2 is 1.81 bits per heavy atom. The first-order valence-corrected chi connectivity index (χ1v) is 12.8. The van der Waals surface area contributed by atoms with E-state index < -0.39 is 5.97 Å². The Labute approximate surface area is 214 Å². The molecule has 2 atom stereocenters. The zero-order valence-corrected chi connectivity index (χ0v) is 20.5. The highest BCUT2D eigenvalue weighted by Gasteiger charge is 2.31. The number of carbonyl (C=O) groups is 1. The van der Waals surface area contributed by atoms with E-state index in [0.29, 0.717) is 13.1 Å². The molecule has 2 aliphatic rings. The van der Waals surface area contributed by atoms with Gasteiger partial charge in [-0.05, 0) is 60.7 Å². The molecule has 1 aliphatic heterocycles. The summed E-state index contributed by atoms with van der Waals surface area (Å²) in [6.07, 6.45) is 4.94. The number of halogens is 1. The van der Waals surface area contributed by atoms with Gasteiger partial charge < -0.3 is 10.0 Å². The normalized spacial score (nSPS) is 20.5. The van der Waals surface area contributed by atoms with Crippen LogP contribution in [-0.2, 0) is 4.79 Å². The van der Waals surface area contributed by atoms with Gasteiger partial charge in [0.15, 0.2) is 5.65 Å². The lowest BCUT2D eigenvalue weighted by Gasteiger charge is -2.34. The quantitative estimate of drug-likeness (QED) is 0.425. The van der Waals surface area contributed by atoms with Gasteiger partial charge in [-0.2, -0.15) is 5.10 Å². The smallest absolute Gasteiger partial charge is 0.317 e. The number of nitrogens with zero attached hydrogens (tertiary/aromatic N) is 6. The maximum atomic E-state index is 13.9. The van der Waals surface area contributed by atoms with Crippen LogP contribution in [0.5, 0.6) is 0 Å². The minimum Gasteiger partial charge on any atom is -0.480 e. The average Bonchev–Trinajstić information content (AvgIpc) is 3.56. The number of anilines is 1. The molecule has 3 aromatic heterocycles. The molecule has 1 saturated carbocycles. The van der Waals surface area contributed by atoms with Gasteiger partial charge in [-0.15, -0.1) is 0 Å². The minimum absolute atomic E-state index is 0.0676. The van der Waals surface area contributed by atoms with Crippen LogP contribution in [0, 0.1) is 5.82 Å². The molecular weight excluding hydrogens is 471 g/mol. The molecule has 0 amide bonds. The largest absolute Gasteiger partial charge is 0.480 e. The van der Waals surface area contributed by atoms with Crippen molar-refractivity contribution in [3.8, 4) is 11.4 Å².